The summed E-state index contributed by atoms with van der Waals surface area (Å²) in [5.74, 6) is 0.285. The van der Waals surface area contributed by atoms with Crippen LogP contribution in [0.4, 0.5) is 0 Å². The van der Waals surface area contributed by atoms with Gasteiger partial charge < -0.3 is 20.3 Å². The Labute approximate surface area is 160 Å². The molecule has 0 heterocycles. The summed E-state index contributed by atoms with van der Waals surface area (Å²) in [6.45, 7) is 2.29. The van der Waals surface area contributed by atoms with E-state index in [1.807, 2.05) is 62.3 Å². The van der Waals surface area contributed by atoms with Crippen LogP contribution in [0, 0.1) is 6.92 Å². The summed E-state index contributed by atoms with van der Waals surface area (Å²) in [5, 5.41) is 5.53. The van der Waals surface area contributed by atoms with Crippen molar-refractivity contribution in [2.24, 2.45) is 0 Å². The molecule has 0 aliphatic rings. The summed E-state index contributed by atoms with van der Waals surface area (Å²) in [6, 6.07) is 15.0. The van der Waals surface area contributed by atoms with Crippen molar-refractivity contribution in [1.29, 1.82) is 0 Å². The summed E-state index contributed by atoms with van der Waals surface area (Å²) in [5.41, 5.74) is 2.59. The highest BCUT2D eigenvalue weighted by Gasteiger charge is 2.16. The first-order chi connectivity index (χ1) is 12.9. The molecule has 27 heavy (non-hydrogen) atoms. The SMILES string of the molecule is COc1cccc(C(CNC(=O)CNC(=O)c2cccc(C)c2)N(C)C)c1. The third kappa shape index (κ3) is 6.11. The molecule has 0 saturated carbocycles. The van der Waals surface area contributed by atoms with Crippen molar-refractivity contribution in [1.82, 2.24) is 15.5 Å². The van der Waals surface area contributed by atoms with E-state index < -0.39 is 0 Å². The van der Waals surface area contributed by atoms with Gasteiger partial charge in [-0.2, -0.15) is 0 Å². The molecule has 2 aromatic carbocycles. The van der Waals surface area contributed by atoms with Crippen LogP contribution in [0.1, 0.15) is 27.5 Å². The quantitative estimate of drug-likeness (QED) is 0.748. The van der Waals surface area contributed by atoms with Gasteiger partial charge in [0.15, 0.2) is 0 Å². The molecule has 0 aliphatic heterocycles. The minimum atomic E-state index is -0.259. The maximum atomic E-state index is 12.2. The highest BCUT2D eigenvalue weighted by molar-refractivity contribution is 5.96. The summed E-state index contributed by atoms with van der Waals surface area (Å²) in [7, 11) is 5.54. The van der Waals surface area contributed by atoms with Crippen molar-refractivity contribution in [3.8, 4) is 5.75 Å². The molecule has 0 aliphatic carbocycles. The summed E-state index contributed by atoms with van der Waals surface area (Å²) < 4.78 is 5.27. The normalized spacial score (nSPS) is 11.7. The van der Waals surface area contributed by atoms with Crippen molar-refractivity contribution >= 4 is 11.8 Å². The van der Waals surface area contributed by atoms with Crippen LogP contribution in [-0.4, -0.2) is 51.0 Å². The van der Waals surface area contributed by atoms with Crippen molar-refractivity contribution < 1.29 is 14.3 Å². The molecule has 0 radical (unpaired) electrons. The van der Waals surface area contributed by atoms with E-state index in [4.69, 9.17) is 4.74 Å². The Morgan fingerprint density at radius 3 is 2.48 bits per heavy atom. The number of hydrogen-bond acceptors (Lipinski definition) is 4. The number of nitrogens with one attached hydrogen (secondary N) is 2. The lowest BCUT2D eigenvalue weighted by molar-refractivity contribution is -0.120. The number of aryl methyl sites for hydroxylation is 1. The van der Waals surface area contributed by atoms with Gasteiger partial charge in [0, 0.05) is 12.1 Å². The monoisotopic (exact) mass is 369 g/mol. The first-order valence-corrected chi connectivity index (χ1v) is 8.82. The van der Waals surface area contributed by atoms with Crippen LogP contribution in [0.15, 0.2) is 48.5 Å². The van der Waals surface area contributed by atoms with Crippen LogP contribution in [0.3, 0.4) is 0 Å². The molecule has 1 atom stereocenters. The van der Waals surface area contributed by atoms with E-state index in [2.05, 4.69) is 10.6 Å². The summed E-state index contributed by atoms with van der Waals surface area (Å²) in [4.78, 5) is 26.3. The molecule has 2 rings (SSSR count). The summed E-state index contributed by atoms with van der Waals surface area (Å²) >= 11 is 0. The number of carbonyl (C=O) groups excluding carboxylic acids is 2. The topological polar surface area (TPSA) is 70.7 Å². The average molecular weight is 369 g/mol. The van der Waals surface area contributed by atoms with Crippen LogP contribution in [0.5, 0.6) is 5.75 Å². The molecule has 0 saturated heterocycles. The zero-order chi connectivity index (χ0) is 19.8. The van der Waals surface area contributed by atoms with E-state index in [1.165, 1.54) is 0 Å². The number of rotatable bonds is 8. The lowest BCUT2D eigenvalue weighted by Gasteiger charge is -2.25. The van der Waals surface area contributed by atoms with Crippen molar-refractivity contribution in [3.63, 3.8) is 0 Å². The van der Waals surface area contributed by atoms with Gasteiger partial charge in [0.1, 0.15) is 5.75 Å². The molecule has 0 aromatic heterocycles. The standard InChI is InChI=1S/C21H27N3O3/c1-15-7-5-9-17(11-15)21(26)23-14-20(25)22-13-19(24(2)3)16-8-6-10-18(12-16)27-4/h5-12,19H,13-14H2,1-4H3,(H,22,25)(H,23,26). The summed E-state index contributed by atoms with van der Waals surface area (Å²) in [6.07, 6.45) is 0. The Hall–Kier alpha value is -2.86. The average Bonchev–Trinajstić information content (AvgIpc) is 2.66. The number of hydrogen-bond donors (Lipinski definition) is 2. The zero-order valence-corrected chi connectivity index (χ0v) is 16.3. The van der Waals surface area contributed by atoms with Crippen molar-refractivity contribution in [3.05, 3.63) is 65.2 Å². The van der Waals surface area contributed by atoms with Crippen molar-refractivity contribution in [2.75, 3.05) is 34.3 Å². The van der Waals surface area contributed by atoms with E-state index in [1.54, 1.807) is 19.2 Å². The van der Waals surface area contributed by atoms with E-state index >= 15 is 0 Å². The smallest absolute Gasteiger partial charge is 0.251 e. The number of methoxy groups -OCH3 is 1. The predicted molar refractivity (Wildman–Crippen MR) is 106 cm³/mol. The fourth-order valence-electron chi connectivity index (χ4n) is 2.77. The number of ether oxygens (including phenoxy) is 1. The van der Waals surface area contributed by atoms with Crippen LogP contribution in [-0.2, 0) is 4.79 Å². The van der Waals surface area contributed by atoms with Crippen LogP contribution in [0.25, 0.3) is 0 Å². The third-order valence-corrected chi connectivity index (χ3v) is 4.28. The van der Waals surface area contributed by atoms with Gasteiger partial charge in [-0.25, -0.2) is 0 Å². The third-order valence-electron chi connectivity index (χ3n) is 4.28. The second-order valence-corrected chi connectivity index (χ2v) is 6.61. The molecule has 6 heteroatoms. The molecule has 6 nitrogen and oxygen atoms in total. The van der Waals surface area contributed by atoms with Gasteiger partial charge in [0.25, 0.3) is 5.91 Å². The maximum Gasteiger partial charge on any atom is 0.251 e. The second-order valence-electron chi connectivity index (χ2n) is 6.61. The van der Waals surface area contributed by atoms with Gasteiger partial charge in [-0.3, -0.25) is 9.59 Å². The number of nitrogens with zero attached hydrogens (tertiary/aromatic N) is 1. The molecular weight excluding hydrogens is 342 g/mol. The maximum absolute atomic E-state index is 12.2. The van der Waals surface area contributed by atoms with E-state index in [0.29, 0.717) is 12.1 Å². The number of carbonyl (C=O) groups is 2. The molecule has 0 bridgehead atoms. The Morgan fingerprint density at radius 1 is 1.07 bits per heavy atom. The Balaban J connectivity index is 1.89. The minimum Gasteiger partial charge on any atom is -0.497 e. The highest BCUT2D eigenvalue weighted by Crippen LogP contribution is 2.22. The van der Waals surface area contributed by atoms with Gasteiger partial charge >= 0.3 is 0 Å². The van der Waals surface area contributed by atoms with Crippen LogP contribution >= 0.6 is 0 Å². The van der Waals surface area contributed by atoms with Crippen LogP contribution in [0.2, 0.25) is 0 Å². The lowest BCUT2D eigenvalue weighted by Crippen LogP contribution is -2.40. The second kappa shape index (κ2) is 9.73. The molecule has 2 N–H and O–H groups in total. The van der Waals surface area contributed by atoms with Gasteiger partial charge in [-0.05, 0) is 50.8 Å². The Kier molecular flexibility index (Phi) is 7.37. The van der Waals surface area contributed by atoms with E-state index in [9.17, 15) is 9.59 Å². The van der Waals surface area contributed by atoms with Gasteiger partial charge in [-0.15, -0.1) is 0 Å². The minimum absolute atomic E-state index is 0.00322. The molecule has 0 spiro atoms. The van der Waals surface area contributed by atoms with E-state index in [-0.39, 0.29) is 24.4 Å². The molecular formula is C21H27N3O3. The molecule has 0 fully saturated rings. The van der Waals surface area contributed by atoms with Gasteiger partial charge in [0.05, 0.1) is 19.7 Å². The van der Waals surface area contributed by atoms with Crippen molar-refractivity contribution in [2.45, 2.75) is 13.0 Å². The van der Waals surface area contributed by atoms with Crippen LogP contribution < -0.4 is 15.4 Å². The zero-order valence-electron chi connectivity index (χ0n) is 16.3. The molecule has 1 unspecified atom stereocenters. The predicted octanol–water partition coefficient (Wildman–Crippen LogP) is 2.15. The van der Waals surface area contributed by atoms with Gasteiger partial charge in [0.2, 0.25) is 5.91 Å². The fraction of sp³-hybridized carbons (Fsp3) is 0.333. The lowest BCUT2D eigenvalue weighted by atomic mass is 10.1. The first-order valence-electron chi connectivity index (χ1n) is 8.82. The highest BCUT2D eigenvalue weighted by atomic mass is 16.5. The number of benzene rings is 2. The number of amides is 2. The molecule has 144 valence electrons. The Morgan fingerprint density at radius 2 is 1.81 bits per heavy atom. The number of likely N-dealkylation sites (N-methyl/N-ethyl adjacent to an activating group) is 1. The largest absolute Gasteiger partial charge is 0.497 e. The van der Waals surface area contributed by atoms with E-state index in [0.717, 1.165) is 16.9 Å². The molecule has 2 amide bonds. The molecule has 2 aromatic rings. The van der Waals surface area contributed by atoms with Gasteiger partial charge in [-0.1, -0.05) is 29.8 Å². The fourth-order valence-corrected chi connectivity index (χ4v) is 2.77. The Bertz CT molecular complexity index is 790. The first kappa shape index (κ1) is 20.5.